The minimum absolute atomic E-state index is 0.0486. The Morgan fingerprint density at radius 1 is 1.07 bits per heavy atom. The largest absolute Gasteiger partial charge is 0.366 e. The van der Waals surface area contributed by atoms with Gasteiger partial charge in [0.2, 0.25) is 0 Å². The lowest BCUT2D eigenvalue weighted by atomic mass is 9.98. The van der Waals surface area contributed by atoms with Gasteiger partial charge in [-0.2, -0.15) is 0 Å². The lowest BCUT2D eigenvalue weighted by molar-refractivity contribution is -0.384. The minimum atomic E-state index is -0.600. The number of nitrogens with one attached hydrogen (secondary N) is 1. The van der Waals surface area contributed by atoms with Gasteiger partial charge in [0.15, 0.2) is 0 Å². The second-order valence-electron chi connectivity index (χ2n) is 6.96. The molecular weight excluding hydrogens is 375 g/mol. The molecule has 0 saturated carbocycles. The summed E-state index contributed by atoms with van der Waals surface area (Å²) in [6.07, 6.45) is 0.543. The van der Waals surface area contributed by atoms with Gasteiger partial charge in [0.25, 0.3) is 11.6 Å². The molecule has 1 amide bonds. The van der Waals surface area contributed by atoms with E-state index in [9.17, 15) is 19.3 Å². The van der Waals surface area contributed by atoms with E-state index in [1.807, 2.05) is 19.0 Å². The lowest BCUT2D eigenvalue weighted by Crippen LogP contribution is -2.18. The molecule has 0 fully saturated rings. The predicted molar refractivity (Wildman–Crippen MR) is 109 cm³/mol. The molecule has 1 heterocycles. The highest BCUT2D eigenvalue weighted by molar-refractivity contribution is 6.03. The van der Waals surface area contributed by atoms with Crippen LogP contribution in [-0.4, -0.2) is 41.4 Å². The van der Waals surface area contributed by atoms with Crippen molar-refractivity contribution in [1.82, 2.24) is 9.88 Å². The van der Waals surface area contributed by atoms with Crippen LogP contribution in [0.3, 0.4) is 0 Å². The number of non-ortho nitro benzene ring substituents is 1. The Morgan fingerprint density at radius 3 is 2.14 bits per heavy atom. The van der Waals surface area contributed by atoms with Crippen LogP contribution in [0.25, 0.3) is 22.5 Å². The summed E-state index contributed by atoms with van der Waals surface area (Å²) in [5.74, 6) is -0.961. The zero-order chi connectivity index (χ0) is 21.1. The Bertz CT molecular complexity index is 1040. The van der Waals surface area contributed by atoms with Gasteiger partial charge < -0.3 is 15.6 Å². The quantitative estimate of drug-likeness (QED) is 0.470. The van der Waals surface area contributed by atoms with Crippen LogP contribution in [0.2, 0.25) is 0 Å². The van der Waals surface area contributed by atoms with Crippen LogP contribution >= 0.6 is 0 Å². The summed E-state index contributed by atoms with van der Waals surface area (Å²) in [5, 5.41) is 10.9. The number of hydrogen-bond acceptors (Lipinski definition) is 4. The number of hydrogen-bond donors (Lipinski definition) is 2. The number of nitrogens with two attached hydrogens (primary N) is 1. The molecule has 2 aromatic carbocycles. The van der Waals surface area contributed by atoms with Crippen molar-refractivity contribution in [1.29, 1.82) is 0 Å². The van der Waals surface area contributed by atoms with Crippen LogP contribution in [0.15, 0.2) is 48.5 Å². The summed E-state index contributed by atoms with van der Waals surface area (Å²) < 4.78 is 13.4. The first kappa shape index (κ1) is 20.2. The molecule has 0 aliphatic carbocycles. The fraction of sp³-hybridized carbons (Fsp3) is 0.190. The number of rotatable bonds is 7. The van der Waals surface area contributed by atoms with E-state index in [-0.39, 0.29) is 11.5 Å². The number of carbonyl (C=O) groups excluding carboxylic acids is 1. The summed E-state index contributed by atoms with van der Waals surface area (Å²) in [6, 6.07) is 11.8. The summed E-state index contributed by atoms with van der Waals surface area (Å²) in [6.45, 7) is 0.673. The standard InChI is InChI=1S/C21H21FN4O3/c1-25(2)12-11-17-18(21(23)27)20(14-5-9-16(10-6-14)26(28)29)24-19(17)13-3-7-15(22)8-4-13/h3-10,24H,11-12H2,1-2H3,(H2,23,27). The zero-order valence-corrected chi connectivity index (χ0v) is 16.1. The fourth-order valence-electron chi connectivity index (χ4n) is 3.23. The van der Waals surface area contributed by atoms with Gasteiger partial charge in [-0.1, -0.05) is 0 Å². The van der Waals surface area contributed by atoms with Crippen LogP contribution in [0, 0.1) is 15.9 Å². The molecule has 0 spiro atoms. The molecule has 3 rings (SSSR count). The smallest absolute Gasteiger partial charge is 0.269 e. The number of likely N-dealkylation sites (N-methyl/N-ethyl adjacent to an activating group) is 1. The highest BCUT2D eigenvalue weighted by Gasteiger charge is 2.23. The number of carbonyl (C=O) groups is 1. The topological polar surface area (TPSA) is 105 Å². The van der Waals surface area contributed by atoms with Gasteiger partial charge in [-0.3, -0.25) is 14.9 Å². The Kier molecular flexibility index (Phi) is 5.74. The van der Waals surface area contributed by atoms with E-state index in [4.69, 9.17) is 5.73 Å². The number of aromatic amines is 1. The highest BCUT2D eigenvalue weighted by Crippen LogP contribution is 2.35. The third kappa shape index (κ3) is 4.33. The van der Waals surface area contributed by atoms with Crippen molar-refractivity contribution >= 4 is 11.6 Å². The first-order valence-electron chi connectivity index (χ1n) is 8.98. The monoisotopic (exact) mass is 396 g/mol. The van der Waals surface area contributed by atoms with Crippen molar-refractivity contribution in [2.75, 3.05) is 20.6 Å². The van der Waals surface area contributed by atoms with Gasteiger partial charge >= 0.3 is 0 Å². The molecule has 0 radical (unpaired) electrons. The molecule has 8 heteroatoms. The maximum atomic E-state index is 13.4. The maximum Gasteiger partial charge on any atom is 0.269 e. The number of nitro benzene ring substituents is 1. The van der Waals surface area contributed by atoms with Crippen LogP contribution in [0.4, 0.5) is 10.1 Å². The summed E-state index contributed by atoms with van der Waals surface area (Å²) in [7, 11) is 3.84. The molecule has 1 aromatic heterocycles. The predicted octanol–water partition coefficient (Wildman–Crippen LogP) is 3.60. The third-order valence-corrected chi connectivity index (χ3v) is 4.66. The molecule has 0 saturated heterocycles. The summed E-state index contributed by atoms with van der Waals surface area (Å²) >= 11 is 0. The molecule has 29 heavy (non-hydrogen) atoms. The van der Waals surface area contributed by atoms with Crippen LogP contribution in [-0.2, 0) is 6.42 Å². The Hall–Kier alpha value is -3.52. The Balaban J connectivity index is 2.19. The van der Waals surface area contributed by atoms with Gasteiger partial charge in [0, 0.05) is 24.4 Å². The van der Waals surface area contributed by atoms with Gasteiger partial charge in [-0.25, -0.2) is 4.39 Å². The molecule has 0 unspecified atom stereocenters. The first-order chi connectivity index (χ1) is 13.8. The van der Waals surface area contributed by atoms with Crippen molar-refractivity contribution in [2.24, 2.45) is 5.73 Å². The lowest BCUT2D eigenvalue weighted by Gasteiger charge is -2.11. The minimum Gasteiger partial charge on any atom is -0.366 e. The van der Waals surface area contributed by atoms with E-state index >= 15 is 0 Å². The second kappa shape index (κ2) is 8.24. The average Bonchev–Trinajstić information content (AvgIpc) is 3.06. The zero-order valence-electron chi connectivity index (χ0n) is 16.1. The van der Waals surface area contributed by atoms with Gasteiger partial charge in [-0.05, 0) is 73.6 Å². The van der Waals surface area contributed by atoms with Gasteiger partial charge in [0.05, 0.1) is 16.2 Å². The van der Waals surface area contributed by atoms with E-state index in [1.165, 1.54) is 24.3 Å². The van der Waals surface area contributed by atoms with Crippen LogP contribution in [0.1, 0.15) is 15.9 Å². The van der Waals surface area contributed by atoms with Crippen molar-refractivity contribution in [3.05, 3.63) is 75.6 Å². The number of aromatic nitrogens is 1. The van der Waals surface area contributed by atoms with Crippen molar-refractivity contribution in [3.8, 4) is 22.5 Å². The number of nitrogens with zero attached hydrogens (tertiary/aromatic N) is 2. The molecular formula is C21H21FN4O3. The SMILES string of the molecule is CN(C)CCc1c(-c2ccc(F)cc2)[nH]c(-c2ccc([N+](=O)[O-])cc2)c1C(N)=O. The van der Waals surface area contributed by atoms with Crippen LogP contribution in [0.5, 0.6) is 0 Å². The molecule has 0 aliphatic heterocycles. The van der Waals surface area contributed by atoms with E-state index in [2.05, 4.69) is 4.98 Å². The fourth-order valence-corrected chi connectivity index (χ4v) is 3.23. The van der Waals surface area contributed by atoms with Crippen molar-refractivity contribution in [3.63, 3.8) is 0 Å². The number of benzene rings is 2. The average molecular weight is 396 g/mol. The molecule has 0 atom stereocenters. The molecule has 0 aliphatic rings. The normalized spacial score (nSPS) is 11.0. The molecule has 0 bridgehead atoms. The van der Waals surface area contributed by atoms with E-state index in [0.717, 1.165) is 11.1 Å². The highest BCUT2D eigenvalue weighted by atomic mass is 19.1. The van der Waals surface area contributed by atoms with E-state index in [1.54, 1.807) is 24.3 Å². The number of amides is 1. The van der Waals surface area contributed by atoms with Gasteiger partial charge in [0.1, 0.15) is 5.82 Å². The van der Waals surface area contributed by atoms with Crippen molar-refractivity contribution < 1.29 is 14.1 Å². The summed E-state index contributed by atoms with van der Waals surface area (Å²) in [4.78, 5) is 28.0. The van der Waals surface area contributed by atoms with E-state index < -0.39 is 10.8 Å². The number of nitro groups is 1. The number of H-pyrrole nitrogens is 1. The first-order valence-corrected chi connectivity index (χ1v) is 8.98. The number of halogens is 1. The summed E-state index contributed by atoms with van der Waals surface area (Å²) in [5.41, 5.74) is 9.21. The molecule has 150 valence electrons. The van der Waals surface area contributed by atoms with Gasteiger partial charge in [-0.15, -0.1) is 0 Å². The Morgan fingerprint density at radius 2 is 1.62 bits per heavy atom. The third-order valence-electron chi connectivity index (χ3n) is 4.66. The van der Waals surface area contributed by atoms with Crippen molar-refractivity contribution in [2.45, 2.75) is 6.42 Å². The second-order valence-corrected chi connectivity index (χ2v) is 6.96. The molecule has 3 aromatic rings. The number of primary amides is 1. The molecule has 3 N–H and O–H groups in total. The maximum absolute atomic E-state index is 13.4. The van der Waals surface area contributed by atoms with Crippen LogP contribution < -0.4 is 5.73 Å². The Labute approximate surface area is 167 Å². The van der Waals surface area contributed by atoms with E-state index in [0.29, 0.717) is 35.5 Å². The molecule has 7 nitrogen and oxygen atoms in total.